The zero-order valence-electron chi connectivity index (χ0n) is 11.0. The maximum Gasteiger partial charge on any atom is 0.248 e. The van der Waals surface area contributed by atoms with Gasteiger partial charge in [0.05, 0.1) is 12.7 Å². The standard InChI is InChI=1S/C14H19FN2O2/c1-9-4-5-17-7-13(9)19-8-11-6-10(14(16)18)2-3-12(11)15/h2-3,6,9,13,17H,4-5,7-8H2,1H3,(H2,16,18). The number of carbonyl (C=O) groups excluding carboxylic acids is 1. The minimum atomic E-state index is -0.561. The van der Waals surface area contributed by atoms with Crippen LogP contribution in [0.5, 0.6) is 0 Å². The van der Waals surface area contributed by atoms with Gasteiger partial charge in [-0.3, -0.25) is 4.79 Å². The van der Waals surface area contributed by atoms with Crippen LogP contribution in [0.4, 0.5) is 4.39 Å². The van der Waals surface area contributed by atoms with Gasteiger partial charge in [0.15, 0.2) is 0 Å². The predicted octanol–water partition coefficient (Wildman–Crippen LogP) is 1.44. The average Bonchev–Trinajstić information content (AvgIpc) is 2.39. The fraction of sp³-hybridized carbons (Fsp3) is 0.500. The minimum absolute atomic E-state index is 0.0744. The molecule has 1 fully saturated rings. The minimum Gasteiger partial charge on any atom is -0.372 e. The first-order valence-corrected chi connectivity index (χ1v) is 6.48. The van der Waals surface area contributed by atoms with E-state index in [1.807, 2.05) is 0 Å². The molecule has 19 heavy (non-hydrogen) atoms. The summed E-state index contributed by atoms with van der Waals surface area (Å²) in [4.78, 5) is 11.1. The van der Waals surface area contributed by atoms with Crippen LogP contribution in [0.1, 0.15) is 29.3 Å². The Balaban J connectivity index is 2.02. The zero-order valence-corrected chi connectivity index (χ0v) is 11.0. The molecular weight excluding hydrogens is 247 g/mol. The highest BCUT2D eigenvalue weighted by molar-refractivity contribution is 5.92. The summed E-state index contributed by atoms with van der Waals surface area (Å²) in [6.45, 7) is 4.05. The van der Waals surface area contributed by atoms with Crippen molar-refractivity contribution in [1.82, 2.24) is 5.32 Å². The number of nitrogens with one attached hydrogen (secondary N) is 1. The zero-order chi connectivity index (χ0) is 13.8. The van der Waals surface area contributed by atoms with E-state index in [0.717, 1.165) is 19.5 Å². The van der Waals surface area contributed by atoms with Gasteiger partial charge in [-0.05, 0) is 37.1 Å². The van der Waals surface area contributed by atoms with E-state index in [1.54, 1.807) is 0 Å². The van der Waals surface area contributed by atoms with Crippen molar-refractivity contribution in [1.29, 1.82) is 0 Å². The predicted molar refractivity (Wildman–Crippen MR) is 70.1 cm³/mol. The Morgan fingerprint density at radius 1 is 1.58 bits per heavy atom. The van der Waals surface area contributed by atoms with Gasteiger partial charge in [-0.1, -0.05) is 6.92 Å². The van der Waals surface area contributed by atoms with Crippen LogP contribution in [0.25, 0.3) is 0 Å². The molecule has 1 aromatic carbocycles. The largest absolute Gasteiger partial charge is 0.372 e. The van der Waals surface area contributed by atoms with Gasteiger partial charge in [0.25, 0.3) is 0 Å². The number of amides is 1. The Labute approximate surface area is 112 Å². The van der Waals surface area contributed by atoms with Gasteiger partial charge < -0.3 is 15.8 Å². The molecule has 5 heteroatoms. The summed E-state index contributed by atoms with van der Waals surface area (Å²) in [7, 11) is 0. The van der Waals surface area contributed by atoms with Gasteiger partial charge in [0, 0.05) is 17.7 Å². The monoisotopic (exact) mass is 266 g/mol. The van der Waals surface area contributed by atoms with Crippen molar-refractivity contribution in [3.05, 3.63) is 35.1 Å². The fourth-order valence-electron chi connectivity index (χ4n) is 2.22. The second-order valence-electron chi connectivity index (χ2n) is 4.99. The Bertz CT molecular complexity index is 465. The molecule has 1 heterocycles. The second kappa shape index (κ2) is 6.12. The quantitative estimate of drug-likeness (QED) is 0.866. The molecule has 0 spiro atoms. The molecular formula is C14H19FN2O2. The SMILES string of the molecule is CC1CCNCC1OCc1cc(C(N)=O)ccc1F. The first kappa shape index (κ1) is 14.0. The third kappa shape index (κ3) is 3.52. The van der Waals surface area contributed by atoms with E-state index in [0.29, 0.717) is 17.0 Å². The molecule has 3 N–H and O–H groups in total. The van der Waals surface area contributed by atoms with Gasteiger partial charge in [-0.25, -0.2) is 4.39 Å². The summed E-state index contributed by atoms with van der Waals surface area (Å²) in [5, 5.41) is 3.25. The second-order valence-corrected chi connectivity index (χ2v) is 4.99. The molecule has 1 aliphatic heterocycles. The number of carbonyl (C=O) groups is 1. The highest BCUT2D eigenvalue weighted by atomic mass is 19.1. The summed E-state index contributed by atoms with van der Waals surface area (Å²) < 4.78 is 19.4. The van der Waals surface area contributed by atoms with Crippen molar-refractivity contribution < 1.29 is 13.9 Å². The highest BCUT2D eigenvalue weighted by Crippen LogP contribution is 2.18. The molecule has 0 aliphatic carbocycles. The maximum atomic E-state index is 13.6. The highest BCUT2D eigenvalue weighted by Gasteiger charge is 2.22. The first-order chi connectivity index (χ1) is 9.08. The van der Waals surface area contributed by atoms with Gasteiger partial charge in [-0.2, -0.15) is 0 Å². The first-order valence-electron chi connectivity index (χ1n) is 6.48. The molecule has 0 bridgehead atoms. The molecule has 1 aromatic rings. The van der Waals surface area contributed by atoms with Crippen LogP contribution in [-0.2, 0) is 11.3 Å². The van der Waals surface area contributed by atoms with Crippen molar-refractivity contribution >= 4 is 5.91 Å². The van der Waals surface area contributed by atoms with E-state index in [4.69, 9.17) is 10.5 Å². The third-order valence-corrected chi connectivity index (χ3v) is 3.54. The van der Waals surface area contributed by atoms with Crippen LogP contribution < -0.4 is 11.1 Å². The Kier molecular flexibility index (Phi) is 4.50. The van der Waals surface area contributed by atoms with Crippen LogP contribution in [0.15, 0.2) is 18.2 Å². The molecule has 1 saturated heterocycles. The van der Waals surface area contributed by atoms with Gasteiger partial charge >= 0.3 is 0 Å². The molecule has 104 valence electrons. The van der Waals surface area contributed by atoms with Crippen LogP contribution >= 0.6 is 0 Å². The number of ether oxygens (including phenoxy) is 1. The number of primary amides is 1. The van der Waals surface area contributed by atoms with E-state index < -0.39 is 5.91 Å². The van der Waals surface area contributed by atoms with E-state index in [1.165, 1.54) is 18.2 Å². The number of piperidine rings is 1. The van der Waals surface area contributed by atoms with Crippen molar-refractivity contribution in [3.8, 4) is 0 Å². The molecule has 1 amide bonds. The van der Waals surface area contributed by atoms with Crippen molar-refractivity contribution in [2.75, 3.05) is 13.1 Å². The van der Waals surface area contributed by atoms with Crippen molar-refractivity contribution in [2.24, 2.45) is 11.7 Å². The van der Waals surface area contributed by atoms with Gasteiger partial charge in [0.2, 0.25) is 5.91 Å². The molecule has 0 saturated carbocycles. The summed E-state index contributed by atoms with van der Waals surface area (Å²) >= 11 is 0. The molecule has 0 aromatic heterocycles. The topological polar surface area (TPSA) is 64.3 Å². The normalized spacial score (nSPS) is 23.3. The summed E-state index contributed by atoms with van der Waals surface area (Å²) in [5.41, 5.74) is 5.85. The van der Waals surface area contributed by atoms with E-state index >= 15 is 0 Å². The molecule has 2 rings (SSSR count). The number of nitrogens with two attached hydrogens (primary N) is 1. The fourth-order valence-corrected chi connectivity index (χ4v) is 2.22. The summed E-state index contributed by atoms with van der Waals surface area (Å²) in [6, 6.07) is 4.09. The van der Waals surface area contributed by atoms with Crippen LogP contribution in [0.2, 0.25) is 0 Å². The average molecular weight is 266 g/mol. The Hall–Kier alpha value is -1.46. The lowest BCUT2D eigenvalue weighted by Gasteiger charge is -2.29. The van der Waals surface area contributed by atoms with E-state index in [2.05, 4.69) is 12.2 Å². The van der Waals surface area contributed by atoms with Crippen LogP contribution in [-0.4, -0.2) is 25.1 Å². The number of rotatable bonds is 4. The number of hydrogen-bond acceptors (Lipinski definition) is 3. The van der Waals surface area contributed by atoms with Gasteiger partial charge in [-0.15, -0.1) is 0 Å². The number of benzene rings is 1. The third-order valence-electron chi connectivity index (χ3n) is 3.54. The maximum absolute atomic E-state index is 13.6. The molecule has 4 nitrogen and oxygen atoms in total. The molecule has 2 unspecified atom stereocenters. The van der Waals surface area contributed by atoms with E-state index in [-0.39, 0.29) is 18.5 Å². The smallest absolute Gasteiger partial charge is 0.248 e. The van der Waals surface area contributed by atoms with Crippen LogP contribution in [0, 0.1) is 11.7 Å². The summed E-state index contributed by atoms with van der Waals surface area (Å²) in [6.07, 6.45) is 1.12. The van der Waals surface area contributed by atoms with Gasteiger partial charge in [0.1, 0.15) is 5.82 Å². The van der Waals surface area contributed by atoms with Crippen LogP contribution in [0.3, 0.4) is 0 Å². The van der Waals surface area contributed by atoms with Crippen molar-refractivity contribution in [2.45, 2.75) is 26.1 Å². The lowest BCUT2D eigenvalue weighted by Crippen LogP contribution is -2.41. The van der Waals surface area contributed by atoms with Crippen molar-refractivity contribution in [3.63, 3.8) is 0 Å². The molecule has 0 radical (unpaired) electrons. The molecule has 2 atom stereocenters. The lowest BCUT2D eigenvalue weighted by molar-refractivity contribution is -0.00766. The Morgan fingerprint density at radius 2 is 2.37 bits per heavy atom. The number of halogens is 1. The Morgan fingerprint density at radius 3 is 3.05 bits per heavy atom. The van der Waals surface area contributed by atoms with E-state index in [9.17, 15) is 9.18 Å². The lowest BCUT2D eigenvalue weighted by atomic mass is 9.97. The number of hydrogen-bond donors (Lipinski definition) is 2. The summed E-state index contributed by atoms with van der Waals surface area (Å²) in [5.74, 6) is -0.487. The molecule has 1 aliphatic rings.